The van der Waals surface area contributed by atoms with Gasteiger partial charge in [-0.1, -0.05) is 6.08 Å². The number of amides is 1. The highest BCUT2D eigenvalue weighted by Crippen LogP contribution is 1.91. The van der Waals surface area contributed by atoms with E-state index in [1.165, 1.54) is 0 Å². The zero-order valence-electron chi connectivity index (χ0n) is 9.28. The summed E-state index contributed by atoms with van der Waals surface area (Å²) >= 11 is 0. The van der Waals surface area contributed by atoms with Gasteiger partial charge in [-0.05, 0) is 6.92 Å². The topological polar surface area (TPSA) is 58.6 Å². The van der Waals surface area contributed by atoms with Gasteiger partial charge >= 0.3 is 5.97 Å². The largest absolute Gasteiger partial charge is 0.465 e. The van der Waals surface area contributed by atoms with E-state index in [-0.39, 0.29) is 25.0 Å². The third-order valence-electron chi connectivity index (χ3n) is 1.69. The number of carbonyl (C=O) groups excluding carboxylic acids is 2. The highest BCUT2D eigenvalue weighted by molar-refractivity contribution is 5.79. The van der Waals surface area contributed by atoms with E-state index in [0.717, 1.165) is 0 Å². The lowest BCUT2D eigenvalue weighted by molar-refractivity contribution is -0.144. The molecule has 1 amide bonds. The average Bonchev–Trinajstić information content (AvgIpc) is 2.18. The Morgan fingerprint density at radius 3 is 2.60 bits per heavy atom. The molecule has 0 saturated carbocycles. The molecule has 0 rings (SSSR count). The number of rotatable bonds is 7. The first-order valence-corrected chi connectivity index (χ1v) is 4.83. The fourth-order valence-corrected chi connectivity index (χ4v) is 1.04. The minimum Gasteiger partial charge on any atom is -0.465 e. The molecule has 0 bridgehead atoms. The zero-order valence-corrected chi connectivity index (χ0v) is 9.28. The van der Waals surface area contributed by atoms with E-state index in [4.69, 9.17) is 4.74 Å². The Morgan fingerprint density at radius 2 is 2.13 bits per heavy atom. The molecule has 86 valence electrons. The van der Waals surface area contributed by atoms with E-state index in [1.54, 1.807) is 24.9 Å². The number of hydrogen-bond acceptors (Lipinski definition) is 4. The first kappa shape index (κ1) is 13.6. The second-order valence-corrected chi connectivity index (χ2v) is 2.94. The predicted molar refractivity (Wildman–Crippen MR) is 57.3 cm³/mol. The fraction of sp³-hybridized carbons (Fsp3) is 0.600. The summed E-state index contributed by atoms with van der Waals surface area (Å²) in [5, 5.41) is 2.49. The van der Waals surface area contributed by atoms with Crippen LogP contribution in [-0.4, -0.2) is 50.1 Å². The molecule has 15 heavy (non-hydrogen) atoms. The van der Waals surface area contributed by atoms with E-state index in [1.807, 2.05) is 0 Å². The molecule has 0 atom stereocenters. The van der Waals surface area contributed by atoms with E-state index in [0.29, 0.717) is 13.2 Å². The molecule has 1 N–H and O–H groups in total. The molecule has 0 heterocycles. The van der Waals surface area contributed by atoms with Gasteiger partial charge in [-0.15, -0.1) is 6.58 Å². The summed E-state index contributed by atoms with van der Waals surface area (Å²) in [7, 11) is 1.55. The molecule has 0 aliphatic heterocycles. The van der Waals surface area contributed by atoms with Gasteiger partial charge in [0.05, 0.1) is 19.7 Å². The molecule has 0 radical (unpaired) electrons. The van der Waals surface area contributed by atoms with E-state index in [9.17, 15) is 9.59 Å². The number of ether oxygens (including phenoxy) is 1. The molecule has 0 saturated heterocycles. The summed E-state index contributed by atoms with van der Waals surface area (Å²) in [5.41, 5.74) is 0. The van der Waals surface area contributed by atoms with Crippen LogP contribution in [0.1, 0.15) is 6.92 Å². The molecule has 0 aliphatic carbocycles. The van der Waals surface area contributed by atoms with Gasteiger partial charge in [-0.3, -0.25) is 14.5 Å². The van der Waals surface area contributed by atoms with Crippen LogP contribution in [0.4, 0.5) is 0 Å². The molecular formula is C10H18N2O3. The van der Waals surface area contributed by atoms with Crippen LogP contribution in [-0.2, 0) is 14.3 Å². The van der Waals surface area contributed by atoms with E-state index < -0.39 is 0 Å². The van der Waals surface area contributed by atoms with Crippen molar-refractivity contribution in [2.24, 2.45) is 0 Å². The summed E-state index contributed by atoms with van der Waals surface area (Å²) in [6.45, 7) is 6.40. The maximum absolute atomic E-state index is 11.2. The molecule has 5 nitrogen and oxygen atoms in total. The number of carbonyl (C=O) groups is 2. The standard InChI is InChI=1S/C10H18N2O3/c1-4-6-12(7-9(13)11-3)8-10(14)15-5-2/h4H,1,5-8H2,2-3H3,(H,11,13). The molecule has 0 unspecified atom stereocenters. The van der Waals surface area contributed by atoms with Crippen molar-refractivity contribution in [3.05, 3.63) is 12.7 Å². The van der Waals surface area contributed by atoms with Gasteiger partial charge in [0, 0.05) is 13.6 Å². The van der Waals surface area contributed by atoms with Crippen LogP contribution in [0.15, 0.2) is 12.7 Å². The van der Waals surface area contributed by atoms with Crippen LogP contribution in [0.3, 0.4) is 0 Å². The molecular weight excluding hydrogens is 196 g/mol. The lowest BCUT2D eigenvalue weighted by atomic mass is 10.4. The number of esters is 1. The smallest absolute Gasteiger partial charge is 0.320 e. The Balaban J connectivity index is 4.08. The minimum absolute atomic E-state index is 0.104. The highest BCUT2D eigenvalue weighted by Gasteiger charge is 2.12. The highest BCUT2D eigenvalue weighted by atomic mass is 16.5. The lowest BCUT2D eigenvalue weighted by Gasteiger charge is -2.18. The van der Waals surface area contributed by atoms with Crippen LogP contribution in [0.2, 0.25) is 0 Å². The summed E-state index contributed by atoms with van der Waals surface area (Å²) in [6, 6.07) is 0. The first-order chi connectivity index (χ1) is 7.13. The van der Waals surface area contributed by atoms with Gasteiger partial charge in [-0.25, -0.2) is 0 Å². The Hall–Kier alpha value is -1.36. The minimum atomic E-state index is -0.330. The quantitative estimate of drug-likeness (QED) is 0.470. The Bertz CT molecular complexity index is 229. The zero-order chi connectivity index (χ0) is 11.7. The molecule has 0 spiro atoms. The van der Waals surface area contributed by atoms with Crippen molar-refractivity contribution in [1.29, 1.82) is 0 Å². The van der Waals surface area contributed by atoms with E-state index >= 15 is 0 Å². The van der Waals surface area contributed by atoms with Crippen molar-refractivity contribution in [2.75, 3.05) is 33.3 Å². The predicted octanol–water partition coefficient (Wildman–Crippen LogP) is -0.216. The lowest BCUT2D eigenvalue weighted by Crippen LogP contribution is -2.39. The van der Waals surface area contributed by atoms with Gasteiger partial charge in [-0.2, -0.15) is 0 Å². The van der Waals surface area contributed by atoms with Crippen molar-refractivity contribution in [1.82, 2.24) is 10.2 Å². The van der Waals surface area contributed by atoms with Gasteiger partial charge in [0.1, 0.15) is 0 Å². The van der Waals surface area contributed by atoms with Crippen molar-refractivity contribution in [3.63, 3.8) is 0 Å². The van der Waals surface area contributed by atoms with Crippen LogP contribution < -0.4 is 5.32 Å². The maximum atomic E-state index is 11.2. The molecule has 0 aromatic heterocycles. The van der Waals surface area contributed by atoms with Gasteiger partial charge in [0.25, 0.3) is 0 Å². The van der Waals surface area contributed by atoms with Crippen molar-refractivity contribution in [2.45, 2.75) is 6.92 Å². The van der Waals surface area contributed by atoms with Crippen LogP contribution >= 0.6 is 0 Å². The fourth-order valence-electron chi connectivity index (χ4n) is 1.04. The third-order valence-corrected chi connectivity index (χ3v) is 1.69. The second-order valence-electron chi connectivity index (χ2n) is 2.94. The summed E-state index contributed by atoms with van der Waals surface area (Å²) < 4.78 is 4.79. The second kappa shape index (κ2) is 7.99. The van der Waals surface area contributed by atoms with Gasteiger partial charge in [0.15, 0.2) is 0 Å². The molecule has 0 fully saturated rings. The van der Waals surface area contributed by atoms with Crippen LogP contribution in [0.5, 0.6) is 0 Å². The third kappa shape index (κ3) is 6.68. The monoisotopic (exact) mass is 214 g/mol. The Labute approximate surface area is 90.1 Å². The molecule has 0 aliphatic rings. The normalized spacial score (nSPS) is 9.80. The maximum Gasteiger partial charge on any atom is 0.320 e. The van der Waals surface area contributed by atoms with Gasteiger partial charge in [0.2, 0.25) is 5.91 Å². The van der Waals surface area contributed by atoms with Crippen molar-refractivity contribution in [3.8, 4) is 0 Å². The summed E-state index contributed by atoms with van der Waals surface area (Å²) in [5.74, 6) is -0.468. The first-order valence-electron chi connectivity index (χ1n) is 4.83. The SMILES string of the molecule is C=CCN(CC(=O)NC)CC(=O)OCC. The Kier molecular flexibility index (Phi) is 7.27. The number of nitrogens with one attached hydrogen (secondary N) is 1. The molecule has 0 aromatic carbocycles. The molecule has 5 heteroatoms. The number of nitrogens with zero attached hydrogens (tertiary/aromatic N) is 1. The molecule has 0 aromatic rings. The van der Waals surface area contributed by atoms with Crippen molar-refractivity contribution < 1.29 is 14.3 Å². The van der Waals surface area contributed by atoms with E-state index in [2.05, 4.69) is 11.9 Å². The van der Waals surface area contributed by atoms with Gasteiger partial charge < -0.3 is 10.1 Å². The average molecular weight is 214 g/mol. The summed E-state index contributed by atoms with van der Waals surface area (Å²) in [4.78, 5) is 23.9. The Morgan fingerprint density at radius 1 is 1.47 bits per heavy atom. The summed E-state index contributed by atoms with van der Waals surface area (Å²) in [6.07, 6.45) is 1.64. The van der Waals surface area contributed by atoms with Crippen molar-refractivity contribution >= 4 is 11.9 Å². The van der Waals surface area contributed by atoms with Crippen LogP contribution in [0, 0.1) is 0 Å². The van der Waals surface area contributed by atoms with Crippen LogP contribution in [0.25, 0.3) is 0 Å². The number of hydrogen-bond donors (Lipinski definition) is 1. The number of likely N-dealkylation sites (N-methyl/N-ethyl adjacent to an activating group) is 1.